The van der Waals surface area contributed by atoms with Crippen LogP contribution in [0.4, 0.5) is 0 Å². The molecule has 0 radical (unpaired) electrons. The van der Waals surface area contributed by atoms with E-state index in [-0.39, 0.29) is 22.7 Å². The zero-order chi connectivity index (χ0) is 33.2. The van der Waals surface area contributed by atoms with E-state index in [9.17, 15) is 0 Å². The van der Waals surface area contributed by atoms with Gasteiger partial charge in [-0.1, -0.05) is 48.5 Å². The highest BCUT2D eigenvalue weighted by molar-refractivity contribution is 5.95. The molecule has 0 fully saturated rings. The minimum absolute atomic E-state index is 0.0379. The van der Waals surface area contributed by atoms with Crippen molar-refractivity contribution in [1.82, 2.24) is 10.6 Å². The Kier molecular flexibility index (Phi) is 11.6. The summed E-state index contributed by atoms with van der Waals surface area (Å²) in [6, 6.07) is 31.5. The van der Waals surface area contributed by atoms with Gasteiger partial charge in [0.1, 0.15) is 36.4 Å². The summed E-state index contributed by atoms with van der Waals surface area (Å²) in [5.74, 6) is 1.60. The standard InChI is InChI=1S/C38H48N6O2/c1-37(2,43-23-27-7-5-9-29(21-27)25-45-33-15-11-31(12-16-33)35(39)40)19-20-38(3,4)44-24-28-8-6-10-30(22-28)26-46-34-17-13-32(14-18-34)36(41)42/h5-18,21-22,43-44H,19-20,23-26H2,1-4H3,(H3,39,40)(H3,41,42). The number of amidine groups is 2. The third-order valence-corrected chi connectivity index (χ3v) is 8.04. The van der Waals surface area contributed by atoms with Crippen molar-refractivity contribution in [3.8, 4) is 11.5 Å². The fraction of sp³-hybridized carbons (Fsp3) is 0.316. The summed E-state index contributed by atoms with van der Waals surface area (Å²) >= 11 is 0. The molecule has 46 heavy (non-hydrogen) atoms. The predicted octanol–water partition coefficient (Wildman–Crippen LogP) is 6.63. The number of benzene rings is 4. The van der Waals surface area contributed by atoms with E-state index in [2.05, 4.69) is 86.9 Å². The summed E-state index contributed by atoms with van der Waals surface area (Å²) in [6.07, 6.45) is 2.03. The smallest absolute Gasteiger partial charge is 0.122 e. The number of nitrogens with one attached hydrogen (secondary N) is 4. The highest BCUT2D eigenvalue weighted by Gasteiger charge is 2.24. The fourth-order valence-electron chi connectivity index (χ4n) is 4.94. The van der Waals surface area contributed by atoms with E-state index in [1.54, 1.807) is 24.3 Å². The lowest BCUT2D eigenvalue weighted by atomic mass is 9.89. The van der Waals surface area contributed by atoms with Gasteiger partial charge in [0.25, 0.3) is 0 Å². The number of rotatable bonds is 17. The van der Waals surface area contributed by atoms with E-state index in [4.69, 9.17) is 31.8 Å². The molecule has 0 bridgehead atoms. The molecule has 8 N–H and O–H groups in total. The molecule has 8 heteroatoms. The molecule has 0 aliphatic carbocycles. The van der Waals surface area contributed by atoms with Crippen LogP contribution in [0.2, 0.25) is 0 Å². The second-order valence-corrected chi connectivity index (χ2v) is 13.1. The summed E-state index contributed by atoms with van der Waals surface area (Å²) < 4.78 is 11.9. The molecule has 0 amide bonds. The third kappa shape index (κ3) is 11.1. The Morgan fingerprint density at radius 1 is 0.565 bits per heavy atom. The van der Waals surface area contributed by atoms with Crippen LogP contribution >= 0.6 is 0 Å². The number of nitrogen functional groups attached to an aromatic ring is 2. The quantitative estimate of drug-likeness (QED) is 0.0578. The molecule has 4 aromatic carbocycles. The van der Waals surface area contributed by atoms with E-state index in [0.717, 1.165) is 48.6 Å². The Labute approximate surface area is 273 Å². The molecule has 0 aromatic heterocycles. The average Bonchev–Trinajstić information content (AvgIpc) is 3.05. The van der Waals surface area contributed by atoms with Crippen LogP contribution in [0.3, 0.4) is 0 Å². The van der Waals surface area contributed by atoms with Crippen molar-refractivity contribution in [2.24, 2.45) is 11.5 Å². The molecule has 4 rings (SSSR count). The van der Waals surface area contributed by atoms with Crippen LogP contribution in [0, 0.1) is 10.8 Å². The van der Waals surface area contributed by atoms with Crippen LogP contribution in [0.5, 0.6) is 11.5 Å². The second-order valence-electron chi connectivity index (χ2n) is 13.1. The van der Waals surface area contributed by atoms with Gasteiger partial charge < -0.3 is 31.6 Å². The highest BCUT2D eigenvalue weighted by Crippen LogP contribution is 2.22. The van der Waals surface area contributed by atoms with Crippen molar-refractivity contribution in [2.75, 3.05) is 0 Å². The first kappa shape index (κ1) is 34.2. The van der Waals surface area contributed by atoms with Crippen molar-refractivity contribution < 1.29 is 9.47 Å². The van der Waals surface area contributed by atoms with Gasteiger partial charge in [0.05, 0.1) is 0 Å². The SMILES string of the molecule is CC(C)(CCC(C)(C)NCc1cccc(COc2ccc(C(=N)N)cc2)c1)NCc1cccc(COc2ccc(C(=N)N)cc2)c1. The Morgan fingerprint density at radius 2 is 0.913 bits per heavy atom. The minimum atomic E-state index is -0.0379. The first-order valence-electron chi connectivity index (χ1n) is 15.7. The molecule has 0 heterocycles. The lowest BCUT2D eigenvalue weighted by Crippen LogP contribution is -2.44. The maximum Gasteiger partial charge on any atom is 0.122 e. The molecule has 242 valence electrons. The van der Waals surface area contributed by atoms with Crippen molar-refractivity contribution >= 4 is 11.7 Å². The lowest BCUT2D eigenvalue weighted by Gasteiger charge is -2.33. The summed E-state index contributed by atoms with van der Waals surface area (Å²) in [6.45, 7) is 11.5. The second kappa shape index (κ2) is 15.6. The van der Waals surface area contributed by atoms with Crippen molar-refractivity contribution in [2.45, 2.75) is 77.9 Å². The van der Waals surface area contributed by atoms with Gasteiger partial charge in [-0.15, -0.1) is 0 Å². The number of hydrogen-bond donors (Lipinski definition) is 6. The van der Waals surface area contributed by atoms with Crippen LogP contribution in [-0.4, -0.2) is 22.7 Å². The van der Waals surface area contributed by atoms with Crippen LogP contribution in [0.1, 0.15) is 73.9 Å². The van der Waals surface area contributed by atoms with Gasteiger partial charge >= 0.3 is 0 Å². The molecule has 0 aliphatic heterocycles. The van der Waals surface area contributed by atoms with Gasteiger partial charge in [-0.3, -0.25) is 10.8 Å². The Hall–Kier alpha value is -4.66. The van der Waals surface area contributed by atoms with E-state index in [0.29, 0.717) is 24.3 Å². The van der Waals surface area contributed by atoms with Crippen LogP contribution in [0.15, 0.2) is 97.1 Å². The summed E-state index contributed by atoms with van der Waals surface area (Å²) in [5, 5.41) is 22.6. The molecular weight excluding hydrogens is 572 g/mol. The number of nitrogens with two attached hydrogens (primary N) is 2. The van der Waals surface area contributed by atoms with Gasteiger partial charge in [-0.2, -0.15) is 0 Å². The predicted molar refractivity (Wildman–Crippen MR) is 188 cm³/mol. The van der Waals surface area contributed by atoms with E-state index in [1.165, 1.54) is 11.1 Å². The maximum absolute atomic E-state index is 7.53. The van der Waals surface area contributed by atoms with Crippen molar-refractivity contribution in [3.05, 3.63) is 130 Å². The van der Waals surface area contributed by atoms with Gasteiger partial charge in [-0.25, -0.2) is 0 Å². The van der Waals surface area contributed by atoms with Crippen LogP contribution in [0.25, 0.3) is 0 Å². The molecule has 0 spiro atoms. The Bertz CT molecular complexity index is 1480. The lowest BCUT2D eigenvalue weighted by molar-refractivity contribution is 0.279. The Morgan fingerprint density at radius 3 is 1.26 bits per heavy atom. The van der Waals surface area contributed by atoms with E-state index in [1.807, 2.05) is 24.3 Å². The summed E-state index contributed by atoms with van der Waals surface area (Å²) in [5.41, 5.74) is 17.0. The monoisotopic (exact) mass is 620 g/mol. The minimum Gasteiger partial charge on any atom is -0.489 e. The molecular formula is C38H48N6O2. The highest BCUT2D eigenvalue weighted by atomic mass is 16.5. The molecule has 0 saturated heterocycles. The molecule has 0 aliphatic rings. The zero-order valence-electron chi connectivity index (χ0n) is 27.5. The molecule has 0 saturated carbocycles. The average molecular weight is 621 g/mol. The van der Waals surface area contributed by atoms with Crippen molar-refractivity contribution in [3.63, 3.8) is 0 Å². The van der Waals surface area contributed by atoms with Crippen LogP contribution in [-0.2, 0) is 26.3 Å². The number of hydrogen-bond acceptors (Lipinski definition) is 6. The Balaban J connectivity index is 1.20. The maximum atomic E-state index is 7.53. The van der Waals surface area contributed by atoms with E-state index >= 15 is 0 Å². The fourth-order valence-corrected chi connectivity index (χ4v) is 4.94. The molecule has 0 atom stereocenters. The molecule has 8 nitrogen and oxygen atoms in total. The number of ether oxygens (including phenoxy) is 2. The largest absolute Gasteiger partial charge is 0.489 e. The van der Waals surface area contributed by atoms with Crippen LogP contribution < -0.4 is 31.6 Å². The first-order chi connectivity index (χ1) is 21.9. The molecule has 0 unspecified atom stereocenters. The van der Waals surface area contributed by atoms with Crippen molar-refractivity contribution in [1.29, 1.82) is 10.8 Å². The van der Waals surface area contributed by atoms with Gasteiger partial charge in [0, 0.05) is 35.3 Å². The topological polar surface area (TPSA) is 142 Å². The zero-order valence-corrected chi connectivity index (χ0v) is 27.5. The van der Waals surface area contributed by atoms with E-state index < -0.39 is 0 Å². The third-order valence-electron chi connectivity index (χ3n) is 8.04. The van der Waals surface area contributed by atoms with Gasteiger partial charge in [-0.05, 0) is 111 Å². The molecule has 4 aromatic rings. The summed E-state index contributed by atoms with van der Waals surface area (Å²) in [4.78, 5) is 0. The first-order valence-corrected chi connectivity index (χ1v) is 15.7. The summed E-state index contributed by atoms with van der Waals surface area (Å²) in [7, 11) is 0. The van der Waals surface area contributed by atoms with Gasteiger partial charge in [0.15, 0.2) is 0 Å². The normalized spacial score (nSPS) is 11.7. The van der Waals surface area contributed by atoms with Gasteiger partial charge in [0.2, 0.25) is 0 Å².